The van der Waals surface area contributed by atoms with Crippen LogP contribution in [0.4, 0.5) is 4.79 Å². The molecule has 5 heterocycles. The van der Waals surface area contributed by atoms with Crippen LogP contribution in [0, 0.1) is 0 Å². The van der Waals surface area contributed by atoms with Gasteiger partial charge in [-0.2, -0.15) is 5.10 Å². The molecule has 1 spiro atoms. The van der Waals surface area contributed by atoms with Gasteiger partial charge in [0.25, 0.3) is 0 Å². The molecule has 2 aliphatic heterocycles. The van der Waals surface area contributed by atoms with Crippen LogP contribution in [-0.4, -0.2) is 63.6 Å². The summed E-state index contributed by atoms with van der Waals surface area (Å²) in [6, 6.07) is 4.29. The highest BCUT2D eigenvalue weighted by atomic mass is 31.2. The number of H-pyrrole nitrogens is 1. The Kier molecular flexibility index (Phi) is 5.01. The van der Waals surface area contributed by atoms with Gasteiger partial charge in [0.2, 0.25) is 0 Å². The summed E-state index contributed by atoms with van der Waals surface area (Å²) in [7, 11) is -2.25. The van der Waals surface area contributed by atoms with E-state index in [0.29, 0.717) is 6.54 Å². The third-order valence-corrected chi connectivity index (χ3v) is 7.43. The molecule has 0 aromatic carbocycles. The highest BCUT2D eigenvalue weighted by molar-refractivity contribution is 7.65. The van der Waals surface area contributed by atoms with Crippen LogP contribution in [0.15, 0.2) is 30.3 Å². The van der Waals surface area contributed by atoms with Gasteiger partial charge in [-0.3, -0.25) is 4.68 Å². The molecule has 8 nitrogen and oxygen atoms in total. The summed E-state index contributed by atoms with van der Waals surface area (Å²) in [5.74, 6) is 1.78. The Morgan fingerprint density at radius 2 is 2.12 bits per heavy atom. The zero-order chi connectivity index (χ0) is 22.5. The van der Waals surface area contributed by atoms with Crippen molar-refractivity contribution in [3.05, 3.63) is 41.6 Å². The van der Waals surface area contributed by atoms with Crippen LogP contribution in [0.5, 0.6) is 0 Å². The number of pyridine rings is 1. The van der Waals surface area contributed by atoms with Gasteiger partial charge in [-0.25, -0.2) is 9.78 Å². The molecular formula is C23H29N6O2P. The first kappa shape index (κ1) is 21.0. The van der Waals surface area contributed by atoms with Gasteiger partial charge in [-0.15, -0.1) is 0 Å². The summed E-state index contributed by atoms with van der Waals surface area (Å²) in [4.78, 5) is 22.0. The Morgan fingerprint density at radius 3 is 2.91 bits per heavy atom. The molecule has 0 saturated carbocycles. The molecule has 0 radical (unpaired) electrons. The van der Waals surface area contributed by atoms with E-state index in [0.717, 1.165) is 60.3 Å². The van der Waals surface area contributed by atoms with Gasteiger partial charge in [0.15, 0.2) is 0 Å². The van der Waals surface area contributed by atoms with Crippen LogP contribution in [0.2, 0.25) is 0 Å². The van der Waals surface area contributed by atoms with Crippen LogP contribution in [0.3, 0.4) is 0 Å². The van der Waals surface area contributed by atoms with Crippen molar-refractivity contribution < 1.29 is 9.36 Å². The molecule has 3 aromatic heterocycles. The highest BCUT2D eigenvalue weighted by Gasteiger charge is 2.46. The number of aromatic amines is 1. The molecule has 0 bridgehead atoms. The number of hydrogen-bond donors (Lipinski definition) is 2. The number of nitrogens with one attached hydrogen (secondary N) is 2. The average molecular weight is 452 g/mol. The SMILES string of the molecule is CCNC(=O)N1CCC2(CCn3nc(-c4cnc5[nH]cc(/C=C/P(C)(C)=O)c5c4)cc32)C1. The van der Waals surface area contributed by atoms with E-state index in [1.54, 1.807) is 19.1 Å². The standard InChI is InChI=1S/C23H29N6O2P/c1-4-24-22(30)28-8-6-23(15-28)7-9-29-20(23)12-19(27-29)17-11-18-16(5-10-32(2,3)31)13-25-21(18)26-14-17/h5,10-14H,4,6-9,15H2,1-3H3,(H,24,30)(H,25,26)/b10-5+. The van der Waals surface area contributed by atoms with Crippen LogP contribution in [0.25, 0.3) is 28.4 Å². The van der Waals surface area contributed by atoms with E-state index >= 15 is 0 Å². The number of urea groups is 1. The molecule has 2 amide bonds. The van der Waals surface area contributed by atoms with Crippen molar-refractivity contribution in [2.75, 3.05) is 33.0 Å². The van der Waals surface area contributed by atoms with Crippen molar-refractivity contribution in [2.45, 2.75) is 31.7 Å². The number of fused-ring (bicyclic) bond motifs is 3. The first-order chi connectivity index (χ1) is 15.3. The molecule has 2 N–H and O–H groups in total. The number of carbonyl (C=O) groups excluding carboxylic acids is 1. The number of likely N-dealkylation sites (tertiary alicyclic amines) is 1. The highest BCUT2D eigenvalue weighted by Crippen LogP contribution is 2.44. The van der Waals surface area contributed by atoms with Crippen molar-refractivity contribution in [2.24, 2.45) is 0 Å². The average Bonchev–Trinajstić information content (AvgIpc) is 3.51. The third-order valence-electron chi connectivity index (χ3n) is 6.57. The van der Waals surface area contributed by atoms with E-state index < -0.39 is 7.14 Å². The Balaban J connectivity index is 1.45. The zero-order valence-electron chi connectivity index (χ0n) is 18.8. The fraction of sp³-hybridized carbons (Fsp3) is 0.435. The van der Waals surface area contributed by atoms with Crippen molar-refractivity contribution in [3.8, 4) is 11.3 Å². The summed E-state index contributed by atoms with van der Waals surface area (Å²) in [5.41, 5.74) is 4.82. The number of amides is 2. The van der Waals surface area contributed by atoms with Crippen LogP contribution >= 0.6 is 7.14 Å². The van der Waals surface area contributed by atoms with Gasteiger partial charge in [0.1, 0.15) is 12.8 Å². The van der Waals surface area contributed by atoms with E-state index in [1.807, 2.05) is 30.3 Å². The van der Waals surface area contributed by atoms with Crippen LogP contribution in [-0.2, 0) is 16.5 Å². The number of carbonyl (C=O) groups is 1. The predicted molar refractivity (Wildman–Crippen MR) is 127 cm³/mol. The maximum atomic E-state index is 12.3. The molecule has 1 saturated heterocycles. The smallest absolute Gasteiger partial charge is 0.317 e. The molecule has 3 aromatic rings. The molecule has 1 atom stereocenters. The number of aryl methyl sites for hydroxylation is 1. The van der Waals surface area contributed by atoms with E-state index in [2.05, 4.69) is 32.1 Å². The van der Waals surface area contributed by atoms with E-state index in [-0.39, 0.29) is 11.4 Å². The van der Waals surface area contributed by atoms with Gasteiger partial charge >= 0.3 is 6.03 Å². The van der Waals surface area contributed by atoms with Crippen molar-refractivity contribution in [1.29, 1.82) is 0 Å². The lowest BCUT2D eigenvalue weighted by Gasteiger charge is -2.23. The minimum absolute atomic E-state index is 0.0146. The second kappa shape index (κ2) is 7.62. The van der Waals surface area contributed by atoms with E-state index in [9.17, 15) is 9.36 Å². The minimum atomic E-state index is -2.25. The lowest BCUT2D eigenvalue weighted by atomic mass is 9.82. The molecular weight excluding hydrogens is 423 g/mol. The molecule has 32 heavy (non-hydrogen) atoms. The molecule has 5 rings (SSSR count). The summed E-state index contributed by atoms with van der Waals surface area (Å²) in [6.45, 7) is 8.47. The molecule has 168 valence electrons. The fourth-order valence-electron chi connectivity index (χ4n) is 4.89. The predicted octanol–water partition coefficient (Wildman–Crippen LogP) is 4.10. The van der Waals surface area contributed by atoms with Gasteiger partial charge < -0.3 is 19.8 Å². The Morgan fingerprint density at radius 1 is 1.31 bits per heavy atom. The summed E-state index contributed by atoms with van der Waals surface area (Å²) in [6.07, 6.45) is 7.63. The number of nitrogens with zero attached hydrogens (tertiary/aromatic N) is 4. The molecule has 1 unspecified atom stereocenters. The van der Waals surface area contributed by atoms with Gasteiger partial charge in [0, 0.05) is 66.2 Å². The second-order valence-electron chi connectivity index (χ2n) is 9.29. The molecule has 1 fully saturated rings. The van der Waals surface area contributed by atoms with Crippen LogP contribution < -0.4 is 5.32 Å². The lowest BCUT2D eigenvalue weighted by Crippen LogP contribution is -2.40. The number of hydrogen-bond acceptors (Lipinski definition) is 4. The molecule has 2 aliphatic rings. The zero-order valence-corrected chi connectivity index (χ0v) is 19.7. The largest absolute Gasteiger partial charge is 0.346 e. The Labute approximate surface area is 187 Å². The molecule has 9 heteroatoms. The normalized spacial score (nSPS) is 20.7. The minimum Gasteiger partial charge on any atom is -0.346 e. The third kappa shape index (κ3) is 3.66. The number of rotatable bonds is 4. The maximum Gasteiger partial charge on any atom is 0.317 e. The lowest BCUT2D eigenvalue weighted by molar-refractivity contribution is 0.206. The van der Waals surface area contributed by atoms with Gasteiger partial charge in [-0.05, 0) is 57.1 Å². The first-order valence-corrected chi connectivity index (χ1v) is 13.8. The second-order valence-corrected chi connectivity index (χ2v) is 12.5. The quantitative estimate of drug-likeness (QED) is 0.583. The first-order valence-electron chi connectivity index (χ1n) is 11.1. The fourth-order valence-corrected chi connectivity index (χ4v) is 5.41. The van der Waals surface area contributed by atoms with Crippen molar-refractivity contribution in [1.82, 2.24) is 30.0 Å². The Bertz CT molecular complexity index is 1270. The van der Waals surface area contributed by atoms with Crippen molar-refractivity contribution >= 4 is 30.3 Å². The van der Waals surface area contributed by atoms with Gasteiger partial charge in [0.05, 0.1) is 5.69 Å². The Hall–Kier alpha value is -2.86. The van der Waals surface area contributed by atoms with Gasteiger partial charge in [-0.1, -0.05) is 0 Å². The van der Waals surface area contributed by atoms with Crippen molar-refractivity contribution in [3.63, 3.8) is 0 Å². The number of aromatic nitrogens is 4. The monoisotopic (exact) mass is 452 g/mol. The maximum absolute atomic E-state index is 12.3. The molecule has 0 aliphatic carbocycles. The van der Waals surface area contributed by atoms with E-state index in [4.69, 9.17) is 5.10 Å². The van der Waals surface area contributed by atoms with Crippen LogP contribution in [0.1, 0.15) is 31.0 Å². The summed E-state index contributed by atoms with van der Waals surface area (Å²) in [5, 5.41) is 8.78. The summed E-state index contributed by atoms with van der Waals surface area (Å²) < 4.78 is 14.2. The van der Waals surface area contributed by atoms with E-state index in [1.165, 1.54) is 5.69 Å². The summed E-state index contributed by atoms with van der Waals surface area (Å²) >= 11 is 0. The topological polar surface area (TPSA) is 95.9 Å².